The van der Waals surface area contributed by atoms with Gasteiger partial charge in [-0.15, -0.1) is 0 Å². The number of imidazole rings is 1. The molecule has 18 heavy (non-hydrogen) atoms. The van der Waals surface area contributed by atoms with Gasteiger partial charge < -0.3 is 5.73 Å². The van der Waals surface area contributed by atoms with E-state index in [0.29, 0.717) is 0 Å². The SMILES string of the molecule is Cn1c(=O)n(C)c2cc(C(N)CC3CC3)ccc21. The molecule has 0 amide bonds. The number of nitrogens with two attached hydrogens (primary N) is 1. The van der Waals surface area contributed by atoms with Gasteiger partial charge in [0.2, 0.25) is 0 Å². The van der Waals surface area contributed by atoms with Gasteiger partial charge in [0, 0.05) is 20.1 Å². The standard InChI is InChI=1S/C14H19N3O/c1-16-12-6-5-10(11(15)7-9-3-4-9)8-13(12)17(2)14(16)18/h5-6,8-9,11H,3-4,7,15H2,1-2H3. The Bertz CT molecular complexity index is 649. The number of fused-ring (bicyclic) bond motifs is 1. The van der Waals surface area contributed by atoms with Crippen molar-refractivity contribution in [2.45, 2.75) is 25.3 Å². The summed E-state index contributed by atoms with van der Waals surface area (Å²) in [6, 6.07) is 6.20. The third-order valence-electron chi connectivity index (χ3n) is 4.01. The monoisotopic (exact) mass is 245 g/mol. The van der Waals surface area contributed by atoms with Crippen molar-refractivity contribution in [1.29, 1.82) is 0 Å². The van der Waals surface area contributed by atoms with Crippen molar-refractivity contribution in [3.8, 4) is 0 Å². The van der Waals surface area contributed by atoms with Crippen LogP contribution in [0.4, 0.5) is 0 Å². The fourth-order valence-corrected chi connectivity index (χ4v) is 2.60. The molecular formula is C14H19N3O. The topological polar surface area (TPSA) is 53.0 Å². The molecule has 96 valence electrons. The molecule has 2 aromatic rings. The third kappa shape index (κ3) is 1.77. The molecule has 1 heterocycles. The van der Waals surface area contributed by atoms with Crippen LogP contribution in [0.1, 0.15) is 30.9 Å². The summed E-state index contributed by atoms with van der Waals surface area (Å²) in [5, 5.41) is 0. The predicted octanol–water partition coefficient (Wildman–Crippen LogP) is 1.68. The second-order valence-electron chi connectivity index (χ2n) is 5.43. The number of nitrogens with zero attached hydrogens (tertiary/aromatic N) is 2. The summed E-state index contributed by atoms with van der Waals surface area (Å²) in [6.45, 7) is 0. The minimum atomic E-state index is 0.0120. The van der Waals surface area contributed by atoms with Gasteiger partial charge in [-0.1, -0.05) is 18.9 Å². The van der Waals surface area contributed by atoms with Crippen LogP contribution >= 0.6 is 0 Å². The Hall–Kier alpha value is -1.55. The lowest BCUT2D eigenvalue weighted by molar-refractivity contribution is 0.597. The Morgan fingerprint density at radius 1 is 1.28 bits per heavy atom. The molecule has 4 heteroatoms. The maximum absolute atomic E-state index is 11.9. The van der Waals surface area contributed by atoms with Crippen LogP contribution in [0.5, 0.6) is 0 Å². The number of aryl methyl sites for hydroxylation is 2. The average molecular weight is 245 g/mol. The molecule has 1 unspecified atom stereocenters. The second kappa shape index (κ2) is 3.99. The summed E-state index contributed by atoms with van der Waals surface area (Å²) in [7, 11) is 3.61. The maximum Gasteiger partial charge on any atom is 0.328 e. The summed E-state index contributed by atoms with van der Waals surface area (Å²) < 4.78 is 3.36. The van der Waals surface area contributed by atoms with E-state index in [2.05, 4.69) is 12.1 Å². The van der Waals surface area contributed by atoms with E-state index < -0.39 is 0 Å². The summed E-state index contributed by atoms with van der Waals surface area (Å²) in [4.78, 5) is 11.9. The molecule has 1 aliphatic rings. The number of benzene rings is 1. The minimum Gasteiger partial charge on any atom is -0.324 e. The van der Waals surface area contributed by atoms with Crippen molar-refractivity contribution in [3.05, 3.63) is 34.2 Å². The van der Waals surface area contributed by atoms with Gasteiger partial charge in [-0.05, 0) is 30.0 Å². The molecule has 4 nitrogen and oxygen atoms in total. The van der Waals surface area contributed by atoms with E-state index in [9.17, 15) is 4.79 Å². The molecule has 3 rings (SSSR count). The molecule has 0 bridgehead atoms. The maximum atomic E-state index is 11.9. The van der Waals surface area contributed by atoms with E-state index in [1.807, 2.05) is 6.07 Å². The smallest absolute Gasteiger partial charge is 0.324 e. The first-order chi connectivity index (χ1) is 8.58. The molecule has 1 fully saturated rings. The predicted molar refractivity (Wildman–Crippen MR) is 72.4 cm³/mol. The van der Waals surface area contributed by atoms with E-state index in [-0.39, 0.29) is 11.7 Å². The molecule has 2 N–H and O–H groups in total. The first-order valence-electron chi connectivity index (χ1n) is 6.49. The lowest BCUT2D eigenvalue weighted by atomic mass is 10.0. The normalized spacial score (nSPS) is 17.3. The highest BCUT2D eigenvalue weighted by Gasteiger charge is 2.24. The van der Waals surface area contributed by atoms with Crippen LogP contribution in [-0.2, 0) is 14.1 Å². The number of aromatic nitrogens is 2. The number of rotatable bonds is 3. The van der Waals surface area contributed by atoms with Crippen molar-refractivity contribution in [1.82, 2.24) is 9.13 Å². The van der Waals surface area contributed by atoms with Crippen LogP contribution in [0.3, 0.4) is 0 Å². The van der Waals surface area contributed by atoms with Crippen molar-refractivity contribution >= 4 is 11.0 Å². The Morgan fingerprint density at radius 3 is 2.61 bits per heavy atom. The number of hydrogen-bond donors (Lipinski definition) is 1. The van der Waals surface area contributed by atoms with Gasteiger partial charge in [-0.3, -0.25) is 9.13 Å². The van der Waals surface area contributed by atoms with Crippen LogP contribution in [0.25, 0.3) is 11.0 Å². The van der Waals surface area contributed by atoms with E-state index >= 15 is 0 Å². The number of hydrogen-bond acceptors (Lipinski definition) is 2. The van der Waals surface area contributed by atoms with Crippen molar-refractivity contribution in [2.75, 3.05) is 0 Å². The highest BCUT2D eigenvalue weighted by atomic mass is 16.1. The van der Waals surface area contributed by atoms with E-state index in [4.69, 9.17) is 5.73 Å². The zero-order valence-corrected chi connectivity index (χ0v) is 10.9. The van der Waals surface area contributed by atoms with Gasteiger partial charge in [0.25, 0.3) is 0 Å². The summed E-state index contributed by atoms with van der Waals surface area (Å²) in [6.07, 6.45) is 3.70. The first kappa shape index (κ1) is 11.5. The van der Waals surface area contributed by atoms with Gasteiger partial charge in [0.15, 0.2) is 0 Å². The Labute approximate surface area is 106 Å². The third-order valence-corrected chi connectivity index (χ3v) is 4.01. The summed E-state index contributed by atoms with van der Waals surface area (Å²) in [5.41, 5.74) is 9.30. The average Bonchev–Trinajstić information content (AvgIpc) is 3.15. The van der Waals surface area contributed by atoms with Crippen molar-refractivity contribution < 1.29 is 0 Å². The lowest BCUT2D eigenvalue weighted by Crippen LogP contribution is -2.19. The van der Waals surface area contributed by atoms with Crippen molar-refractivity contribution in [2.24, 2.45) is 25.7 Å². The van der Waals surface area contributed by atoms with E-state index in [1.54, 1.807) is 23.2 Å². The lowest BCUT2D eigenvalue weighted by Gasteiger charge is -2.11. The van der Waals surface area contributed by atoms with Crippen LogP contribution in [0.15, 0.2) is 23.0 Å². The van der Waals surface area contributed by atoms with Crippen LogP contribution in [-0.4, -0.2) is 9.13 Å². The van der Waals surface area contributed by atoms with Gasteiger partial charge >= 0.3 is 5.69 Å². The van der Waals surface area contributed by atoms with Crippen LogP contribution in [0, 0.1) is 5.92 Å². The van der Waals surface area contributed by atoms with Gasteiger partial charge in [-0.2, -0.15) is 0 Å². The van der Waals surface area contributed by atoms with Gasteiger partial charge in [0.05, 0.1) is 11.0 Å². The minimum absolute atomic E-state index is 0.0120. The molecule has 0 spiro atoms. The Morgan fingerprint density at radius 2 is 1.94 bits per heavy atom. The second-order valence-corrected chi connectivity index (χ2v) is 5.43. The molecule has 1 aliphatic carbocycles. The zero-order chi connectivity index (χ0) is 12.9. The summed E-state index contributed by atoms with van der Waals surface area (Å²) in [5.74, 6) is 0.815. The molecular weight excluding hydrogens is 226 g/mol. The highest BCUT2D eigenvalue weighted by molar-refractivity contribution is 5.77. The highest BCUT2D eigenvalue weighted by Crippen LogP contribution is 2.37. The van der Waals surface area contributed by atoms with E-state index in [1.165, 1.54) is 12.8 Å². The largest absolute Gasteiger partial charge is 0.328 e. The zero-order valence-electron chi connectivity index (χ0n) is 10.9. The van der Waals surface area contributed by atoms with Crippen LogP contribution < -0.4 is 11.4 Å². The first-order valence-corrected chi connectivity index (χ1v) is 6.49. The Kier molecular flexibility index (Phi) is 2.55. The molecule has 1 aromatic heterocycles. The molecule has 1 saturated carbocycles. The molecule has 0 saturated heterocycles. The van der Waals surface area contributed by atoms with Crippen LogP contribution in [0.2, 0.25) is 0 Å². The summed E-state index contributed by atoms with van der Waals surface area (Å²) >= 11 is 0. The van der Waals surface area contributed by atoms with Crippen molar-refractivity contribution in [3.63, 3.8) is 0 Å². The van der Waals surface area contributed by atoms with E-state index in [0.717, 1.165) is 28.9 Å². The Balaban J connectivity index is 2.04. The quantitative estimate of drug-likeness (QED) is 0.894. The molecule has 0 aliphatic heterocycles. The fourth-order valence-electron chi connectivity index (χ4n) is 2.60. The fraction of sp³-hybridized carbons (Fsp3) is 0.500. The molecule has 1 atom stereocenters. The van der Waals surface area contributed by atoms with Gasteiger partial charge in [0.1, 0.15) is 0 Å². The molecule has 1 aromatic carbocycles. The van der Waals surface area contributed by atoms with Gasteiger partial charge in [-0.25, -0.2) is 4.79 Å². The molecule has 0 radical (unpaired) electrons.